The van der Waals surface area contributed by atoms with Gasteiger partial charge >= 0.3 is 5.97 Å². The van der Waals surface area contributed by atoms with E-state index in [2.05, 4.69) is 0 Å². The molecule has 0 bridgehead atoms. The number of carbonyl (C=O) groups is 2. The lowest BCUT2D eigenvalue weighted by Gasteiger charge is -2.39. The number of piperidine rings is 1. The molecule has 1 saturated heterocycles. The molecule has 0 aromatic rings. The van der Waals surface area contributed by atoms with Gasteiger partial charge < -0.3 is 20.5 Å². The van der Waals surface area contributed by atoms with Gasteiger partial charge in [-0.05, 0) is 19.3 Å². The number of aliphatic carboxylic acids is 1. The van der Waals surface area contributed by atoms with E-state index in [0.717, 1.165) is 0 Å². The number of carbonyl (C=O) groups excluding carboxylic acids is 1. The fourth-order valence-corrected chi connectivity index (χ4v) is 2.26. The maximum absolute atomic E-state index is 11.5. The summed E-state index contributed by atoms with van der Waals surface area (Å²) in [6.45, 7) is 1.15. The van der Waals surface area contributed by atoms with Gasteiger partial charge in [-0.2, -0.15) is 0 Å². The van der Waals surface area contributed by atoms with Gasteiger partial charge in [0.2, 0.25) is 5.91 Å². The van der Waals surface area contributed by atoms with Crippen LogP contribution in [0.4, 0.5) is 0 Å². The first-order valence-corrected chi connectivity index (χ1v) is 5.76. The zero-order valence-corrected chi connectivity index (χ0v) is 10.1. The molecule has 98 valence electrons. The van der Waals surface area contributed by atoms with E-state index in [1.807, 2.05) is 0 Å². The second-order valence-electron chi connectivity index (χ2n) is 4.45. The molecule has 0 aromatic carbocycles. The Labute approximate surface area is 101 Å². The van der Waals surface area contributed by atoms with Gasteiger partial charge in [0.1, 0.15) is 0 Å². The predicted molar refractivity (Wildman–Crippen MR) is 61.4 cm³/mol. The Morgan fingerprint density at radius 3 is 2.76 bits per heavy atom. The van der Waals surface area contributed by atoms with E-state index in [-0.39, 0.29) is 19.0 Å². The molecule has 6 heteroatoms. The molecule has 1 aliphatic heterocycles. The summed E-state index contributed by atoms with van der Waals surface area (Å²) < 4.78 is 4.95. The van der Waals surface area contributed by atoms with E-state index in [9.17, 15) is 14.7 Å². The number of carboxylic acids is 1. The number of nitrogens with zero attached hydrogens (tertiary/aromatic N) is 1. The van der Waals surface area contributed by atoms with Gasteiger partial charge in [-0.3, -0.25) is 9.59 Å². The van der Waals surface area contributed by atoms with Crippen LogP contribution >= 0.6 is 0 Å². The van der Waals surface area contributed by atoms with Crippen molar-refractivity contribution in [3.05, 3.63) is 0 Å². The summed E-state index contributed by atoms with van der Waals surface area (Å²) in [6, 6.07) is 0. The highest BCUT2D eigenvalue weighted by molar-refractivity contribution is 5.80. The van der Waals surface area contributed by atoms with E-state index in [4.69, 9.17) is 10.5 Å². The van der Waals surface area contributed by atoms with Gasteiger partial charge in [0.25, 0.3) is 0 Å². The van der Waals surface area contributed by atoms with Gasteiger partial charge in [0.05, 0.1) is 12.0 Å². The maximum Gasteiger partial charge on any atom is 0.311 e. The van der Waals surface area contributed by atoms with Crippen molar-refractivity contribution in [1.29, 1.82) is 0 Å². The number of hydrogen-bond donors (Lipinski definition) is 2. The Morgan fingerprint density at radius 2 is 2.24 bits per heavy atom. The zero-order valence-electron chi connectivity index (χ0n) is 10.1. The van der Waals surface area contributed by atoms with Crippen LogP contribution in [0.3, 0.4) is 0 Å². The van der Waals surface area contributed by atoms with Gasteiger partial charge in [-0.1, -0.05) is 0 Å². The fraction of sp³-hybridized carbons (Fsp3) is 0.818. The summed E-state index contributed by atoms with van der Waals surface area (Å²) in [5, 5.41) is 9.36. The molecular weight excluding hydrogens is 224 g/mol. The lowest BCUT2D eigenvalue weighted by atomic mass is 9.77. The van der Waals surface area contributed by atoms with Crippen LogP contribution in [-0.4, -0.2) is 55.2 Å². The van der Waals surface area contributed by atoms with E-state index in [0.29, 0.717) is 32.4 Å². The molecular formula is C11H20N2O4. The Bertz CT molecular complexity index is 295. The Morgan fingerprint density at radius 1 is 1.53 bits per heavy atom. The molecule has 6 nitrogen and oxygen atoms in total. The number of carboxylic acid groups (broad SMARTS) is 1. The standard InChI is InChI=1S/C11H20N2O4/c1-17-6-4-11(10(15)16)3-2-5-13(8-11)9(14)7-12/h2-8,12H2,1H3,(H,15,16)/t11-/m0/s1. The number of nitrogens with two attached hydrogens (primary N) is 1. The van der Waals surface area contributed by atoms with Crippen molar-refractivity contribution in [1.82, 2.24) is 4.90 Å². The van der Waals surface area contributed by atoms with Crippen LogP contribution in [0.25, 0.3) is 0 Å². The van der Waals surface area contributed by atoms with Gasteiger partial charge in [0.15, 0.2) is 0 Å². The average molecular weight is 244 g/mol. The summed E-state index contributed by atoms with van der Waals surface area (Å²) in [5.74, 6) is -1.04. The van der Waals surface area contributed by atoms with Crippen molar-refractivity contribution in [2.75, 3.05) is 33.4 Å². The lowest BCUT2D eigenvalue weighted by Crippen LogP contribution is -2.51. The molecule has 1 aliphatic rings. The average Bonchev–Trinajstić information content (AvgIpc) is 2.35. The highest BCUT2D eigenvalue weighted by Gasteiger charge is 2.42. The van der Waals surface area contributed by atoms with Gasteiger partial charge in [0, 0.05) is 26.8 Å². The quantitative estimate of drug-likeness (QED) is 0.691. The first-order chi connectivity index (χ1) is 8.05. The fourth-order valence-electron chi connectivity index (χ4n) is 2.26. The highest BCUT2D eigenvalue weighted by atomic mass is 16.5. The largest absolute Gasteiger partial charge is 0.481 e. The third-order valence-electron chi connectivity index (χ3n) is 3.34. The molecule has 0 aromatic heterocycles. The minimum Gasteiger partial charge on any atom is -0.481 e. The van der Waals surface area contributed by atoms with Crippen molar-refractivity contribution < 1.29 is 19.4 Å². The van der Waals surface area contributed by atoms with Gasteiger partial charge in [-0.15, -0.1) is 0 Å². The van der Waals surface area contributed by atoms with E-state index in [1.54, 1.807) is 12.0 Å². The van der Waals surface area contributed by atoms with Crippen molar-refractivity contribution in [2.24, 2.45) is 11.1 Å². The monoisotopic (exact) mass is 244 g/mol. The molecule has 1 amide bonds. The van der Waals surface area contributed by atoms with E-state index >= 15 is 0 Å². The second kappa shape index (κ2) is 5.97. The molecule has 3 N–H and O–H groups in total. The lowest BCUT2D eigenvalue weighted by molar-refractivity contribution is -0.156. The molecule has 1 atom stereocenters. The number of methoxy groups -OCH3 is 1. The molecule has 0 radical (unpaired) electrons. The SMILES string of the molecule is COCC[C@@]1(C(=O)O)CCCN(C(=O)CN)C1. The molecule has 0 spiro atoms. The highest BCUT2D eigenvalue weighted by Crippen LogP contribution is 2.33. The molecule has 1 fully saturated rings. The summed E-state index contributed by atoms with van der Waals surface area (Å²) >= 11 is 0. The minimum absolute atomic E-state index is 0.0695. The van der Waals surface area contributed by atoms with Crippen molar-refractivity contribution in [3.8, 4) is 0 Å². The summed E-state index contributed by atoms with van der Waals surface area (Å²) in [4.78, 5) is 24.5. The molecule has 0 unspecified atom stereocenters. The summed E-state index contributed by atoms with van der Waals surface area (Å²) in [5.41, 5.74) is 4.43. The topological polar surface area (TPSA) is 92.9 Å². The Balaban J connectivity index is 2.76. The van der Waals surface area contributed by atoms with Crippen molar-refractivity contribution in [3.63, 3.8) is 0 Å². The van der Waals surface area contributed by atoms with Crippen LogP contribution in [0.5, 0.6) is 0 Å². The number of amides is 1. The molecule has 0 aliphatic carbocycles. The predicted octanol–water partition coefficient (Wildman–Crippen LogP) is -0.325. The first kappa shape index (κ1) is 13.9. The molecule has 1 heterocycles. The molecule has 17 heavy (non-hydrogen) atoms. The Hall–Kier alpha value is -1.14. The minimum atomic E-state index is -0.876. The van der Waals surface area contributed by atoms with E-state index in [1.165, 1.54) is 0 Å². The summed E-state index contributed by atoms with van der Waals surface area (Å²) in [7, 11) is 1.54. The third kappa shape index (κ3) is 3.17. The second-order valence-corrected chi connectivity index (χ2v) is 4.45. The number of hydrogen-bond acceptors (Lipinski definition) is 4. The van der Waals surface area contributed by atoms with Crippen LogP contribution in [0.2, 0.25) is 0 Å². The van der Waals surface area contributed by atoms with Crippen LogP contribution in [0.1, 0.15) is 19.3 Å². The van der Waals surface area contributed by atoms with Crippen molar-refractivity contribution >= 4 is 11.9 Å². The number of likely N-dealkylation sites (tertiary alicyclic amines) is 1. The number of rotatable bonds is 5. The normalized spacial score (nSPS) is 24.7. The van der Waals surface area contributed by atoms with Crippen LogP contribution < -0.4 is 5.73 Å². The Kier molecular flexibility index (Phi) is 4.89. The molecule has 1 rings (SSSR count). The van der Waals surface area contributed by atoms with Crippen LogP contribution in [0, 0.1) is 5.41 Å². The smallest absolute Gasteiger partial charge is 0.311 e. The van der Waals surface area contributed by atoms with Crippen molar-refractivity contribution in [2.45, 2.75) is 19.3 Å². The van der Waals surface area contributed by atoms with Gasteiger partial charge in [-0.25, -0.2) is 0 Å². The van der Waals surface area contributed by atoms with E-state index < -0.39 is 11.4 Å². The van der Waals surface area contributed by atoms with Crippen LogP contribution in [0.15, 0.2) is 0 Å². The third-order valence-corrected chi connectivity index (χ3v) is 3.34. The van der Waals surface area contributed by atoms with Crippen LogP contribution in [-0.2, 0) is 14.3 Å². The maximum atomic E-state index is 11.5. The number of ether oxygens (including phenoxy) is 1. The zero-order chi connectivity index (χ0) is 12.9. The molecule has 0 saturated carbocycles. The summed E-state index contributed by atoms with van der Waals surface area (Å²) in [6.07, 6.45) is 1.70. The first-order valence-electron chi connectivity index (χ1n) is 5.76.